The lowest BCUT2D eigenvalue weighted by atomic mass is 9.80. The number of halogens is 1. The van der Waals surface area contributed by atoms with E-state index in [1.165, 1.54) is 9.80 Å². The summed E-state index contributed by atoms with van der Waals surface area (Å²) in [6, 6.07) is 5.72. The average molecular weight is 729 g/mol. The van der Waals surface area contributed by atoms with Crippen LogP contribution in [0.15, 0.2) is 29.8 Å². The van der Waals surface area contributed by atoms with E-state index in [1.807, 2.05) is 69.3 Å². The zero-order chi connectivity index (χ0) is 37.1. The van der Waals surface area contributed by atoms with Gasteiger partial charge in [0.1, 0.15) is 17.8 Å². The van der Waals surface area contributed by atoms with Crippen molar-refractivity contribution < 1.29 is 33.8 Å². The second-order valence-electron chi connectivity index (χ2n) is 15.7. The van der Waals surface area contributed by atoms with Gasteiger partial charge in [-0.2, -0.15) is 0 Å². The van der Waals surface area contributed by atoms with E-state index in [0.717, 1.165) is 21.7 Å². The fourth-order valence-corrected chi connectivity index (χ4v) is 8.40. The van der Waals surface area contributed by atoms with Gasteiger partial charge in [0.2, 0.25) is 17.7 Å². The van der Waals surface area contributed by atoms with Crippen molar-refractivity contribution in [1.29, 1.82) is 0 Å². The van der Waals surface area contributed by atoms with Crippen LogP contribution in [0.4, 0.5) is 9.18 Å². The van der Waals surface area contributed by atoms with Crippen LogP contribution < -0.4 is 10.6 Å². The van der Waals surface area contributed by atoms with E-state index in [0.29, 0.717) is 45.4 Å². The summed E-state index contributed by atoms with van der Waals surface area (Å²) in [5, 5.41) is 25.7. The standard InChI is InChI=1S/C37H53FN6O6S/c1-23(26-6-8-27(9-7-26)31-24(2)39-22-51-31)40-33(47)29-18-28(45)20-44(29)34(48)32(36(3,4)5)41-30(46)21-42-16-12-37(38,13-17-42)19-25-10-14-43(15-11-25)35(49)50/h6-9,22-23,25,28-29,32,45H,10-21H2,1-5H3,(H,40,47)(H,41,46)(H,49,50)/t23?,28-,29+,32?/m1/s1. The number of carboxylic acid groups (broad SMARTS) is 1. The number of hydrogen-bond acceptors (Lipinski definition) is 8. The molecule has 0 aliphatic carbocycles. The van der Waals surface area contributed by atoms with Crippen molar-refractivity contribution in [3.8, 4) is 10.4 Å². The number of nitrogens with zero attached hydrogens (tertiary/aromatic N) is 4. The molecule has 3 saturated heterocycles. The van der Waals surface area contributed by atoms with Crippen LogP contribution in [0.25, 0.3) is 10.4 Å². The number of alkyl halides is 1. The summed E-state index contributed by atoms with van der Waals surface area (Å²) in [6.45, 7) is 11.0. The van der Waals surface area contributed by atoms with E-state index in [2.05, 4.69) is 15.6 Å². The number of carbonyl (C=O) groups is 4. The Balaban J connectivity index is 1.14. The zero-order valence-electron chi connectivity index (χ0n) is 30.4. The van der Waals surface area contributed by atoms with Gasteiger partial charge < -0.3 is 30.6 Å². The van der Waals surface area contributed by atoms with E-state index in [-0.39, 0.29) is 56.1 Å². The molecule has 4 amide bonds. The molecule has 3 aliphatic rings. The molecule has 12 nitrogen and oxygen atoms in total. The van der Waals surface area contributed by atoms with Crippen molar-refractivity contribution in [2.75, 3.05) is 39.3 Å². The summed E-state index contributed by atoms with van der Waals surface area (Å²) >= 11 is 1.57. The number of β-amino-alcohol motifs (C(OH)–C–C–N with tert-alkyl or cyclic N) is 1. The number of aryl methyl sites for hydroxylation is 1. The van der Waals surface area contributed by atoms with Gasteiger partial charge in [0.25, 0.3) is 0 Å². The molecular weight excluding hydrogens is 676 g/mol. The SMILES string of the molecule is Cc1ncsc1-c1ccc(C(C)NC(=O)[C@@H]2C[C@@H](O)CN2C(=O)C(NC(=O)CN2CCC(F)(CC3CCN(C(=O)O)CC3)CC2)C(C)(C)C)cc1. The Bertz CT molecular complexity index is 1550. The van der Waals surface area contributed by atoms with Gasteiger partial charge in [-0.25, -0.2) is 14.2 Å². The Hall–Kier alpha value is -3.62. The Morgan fingerprint density at radius 1 is 1.06 bits per heavy atom. The van der Waals surface area contributed by atoms with Crippen molar-refractivity contribution in [3.63, 3.8) is 0 Å². The summed E-state index contributed by atoms with van der Waals surface area (Å²) in [6.07, 6.45) is 0.576. The summed E-state index contributed by atoms with van der Waals surface area (Å²) in [4.78, 5) is 62.3. The lowest BCUT2D eigenvalue weighted by Gasteiger charge is -2.40. The maximum absolute atomic E-state index is 15.8. The molecule has 4 atom stereocenters. The molecule has 4 N–H and O–H groups in total. The van der Waals surface area contributed by atoms with Gasteiger partial charge in [-0.3, -0.25) is 19.3 Å². The molecule has 280 valence electrons. The van der Waals surface area contributed by atoms with Crippen LogP contribution in [0.2, 0.25) is 0 Å². The monoisotopic (exact) mass is 728 g/mol. The van der Waals surface area contributed by atoms with Gasteiger partial charge in [-0.05, 0) is 68.4 Å². The molecule has 1 aromatic heterocycles. The van der Waals surface area contributed by atoms with Crippen molar-refractivity contribution in [1.82, 2.24) is 30.3 Å². The van der Waals surface area contributed by atoms with E-state index in [9.17, 15) is 29.4 Å². The van der Waals surface area contributed by atoms with Crippen LogP contribution in [0, 0.1) is 18.3 Å². The molecule has 14 heteroatoms. The third-order valence-electron chi connectivity index (χ3n) is 10.7. The molecular formula is C37H53FN6O6S. The second kappa shape index (κ2) is 16.0. The Kier molecular flexibility index (Phi) is 12.1. The number of aliphatic hydroxyl groups is 1. The summed E-state index contributed by atoms with van der Waals surface area (Å²) in [7, 11) is 0. The minimum absolute atomic E-state index is 0.0123. The smallest absolute Gasteiger partial charge is 0.407 e. The fraction of sp³-hybridized carbons (Fsp3) is 0.649. The predicted octanol–water partition coefficient (Wildman–Crippen LogP) is 4.37. The van der Waals surface area contributed by atoms with Crippen LogP contribution in [-0.2, 0) is 14.4 Å². The quantitative estimate of drug-likeness (QED) is 0.281. The zero-order valence-corrected chi connectivity index (χ0v) is 31.2. The molecule has 51 heavy (non-hydrogen) atoms. The Morgan fingerprint density at radius 2 is 1.71 bits per heavy atom. The van der Waals surface area contributed by atoms with E-state index in [4.69, 9.17) is 0 Å². The summed E-state index contributed by atoms with van der Waals surface area (Å²) in [5.41, 5.74) is 2.67. The molecule has 0 bridgehead atoms. The first-order valence-corrected chi connectivity index (χ1v) is 18.9. The van der Waals surface area contributed by atoms with Gasteiger partial charge in [-0.15, -0.1) is 11.3 Å². The minimum Gasteiger partial charge on any atom is -0.465 e. The second-order valence-corrected chi connectivity index (χ2v) is 16.6. The minimum atomic E-state index is -1.35. The van der Waals surface area contributed by atoms with Gasteiger partial charge in [0.15, 0.2) is 0 Å². The fourth-order valence-electron chi connectivity index (χ4n) is 7.59. The highest BCUT2D eigenvalue weighted by Crippen LogP contribution is 2.36. The molecule has 5 rings (SSSR count). The molecule has 0 saturated carbocycles. The average Bonchev–Trinajstić information content (AvgIpc) is 3.69. The largest absolute Gasteiger partial charge is 0.465 e. The number of rotatable bonds is 10. The summed E-state index contributed by atoms with van der Waals surface area (Å²) < 4.78 is 15.8. The molecule has 2 unspecified atom stereocenters. The maximum atomic E-state index is 15.8. The van der Waals surface area contributed by atoms with Crippen molar-refractivity contribution in [2.24, 2.45) is 11.3 Å². The van der Waals surface area contributed by atoms with Crippen molar-refractivity contribution >= 4 is 35.2 Å². The highest BCUT2D eigenvalue weighted by molar-refractivity contribution is 7.13. The lowest BCUT2D eigenvalue weighted by Crippen LogP contribution is -2.59. The van der Waals surface area contributed by atoms with E-state index < -0.39 is 41.3 Å². The highest BCUT2D eigenvalue weighted by Gasteiger charge is 2.45. The molecule has 0 radical (unpaired) electrons. The number of aliphatic hydroxyl groups excluding tert-OH is 1. The number of carbonyl (C=O) groups excluding carboxylic acids is 3. The first kappa shape index (κ1) is 38.6. The number of hydrogen-bond donors (Lipinski definition) is 4. The van der Waals surface area contributed by atoms with Crippen molar-refractivity contribution in [2.45, 2.75) is 103 Å². The Morgan fingerprint density at radius 3 is 2.27 bits per heavy atom. The van der Waals surface area contributed by atoms with Crippen LogP contribution >= 0.6 is 11.3 Å². The normalized spacial score (nSPS) is 22.7. The number of aromatic nitrogens is 1. The van der Waals surface area contributed by atoms with E-state index in [1.54, 1.807) is 11.3 Å². The molecule has 4 heterocycles. The maximum Gasteiger partial charge on any atom is 0.407 e. The summed E-state index contributed by atoms with van der Waals surface area (Å²) in [5.74, 6) is -1.02. The third kappa shape index (κ3) is 9.63. The molecule has 1 aromatic carbocycles. The molecule has 3 fully saturated rings. The number of likely N-dealkylation sites (tertiary alicyclic amines) is 3. The van der Waals surface area contributed by atoms with Gasteiger partial charge in [0.05, 0.1) is 34.8 Å². The predicted molar refractivity (Wildman–Crippen MR) is 193 cm³/mol. The number of piperidine rings is 2. The van der Waals surface area contributed by atoms with Crippen LogP contribution in [0.5, 0.6) is 0 Å². The highest BCUT2D eigenvalue weighted by atomic mass is 32.1. The number of benzene rings is 1. The van der Waals surface area contributed by atoms with Crippen LogP contribution in [0.3, 0.4) is 0 Å². The van der Waals surface area contributed by atoms with Crippen molar-refractivity contribution in [3.05, 3.63) is 41.0 Å². The van der Waals surface area contributed by atoms with Gasteiger partial charge in [0, 0.05) is 39.1 Å². The molecule has 3 aliphatic heterocycles. The molecule has 0 spiro atoms. The molecule has 2 aromatic rings. The number of amides is 4. The first-order valence-electron chi connectivity index (χ1n) is 18.0. The van der Waals surface area contributed by atoms with Crippen LogP contribution in [-0.4, -0.2) is 117 Å². The first-order chi connectivity index (χ1) is 24.0. The topological polar surface area (TPSA) is 155 Å². The van der Waals surface area contributed by atoms with Crippen LogP contribution in [0.1, 0.15) is 83.5 Å². The van der Waals surface area contributed by atoms with Gasteiger partial charge >= 0.3 is 6.09 Å². The number of thiazole rings is 1. The van der Waals surface area contributed by atoms with Gasteiger partial charge in [-0.1, -0.05) is 45.0 Å². The lowest BCUT2D eigenvalue weighted by molar-refractivity contribution is -0.144. The Labute approximate surface area is 303 Å². The number of nitrogens with one attached hydrogen (secondary N) is 2. The van der Waals surface area contributed by atoms with E-state index >= 15 is 4.39 Å². The third-order valence-corrected chi connectivity index (χ3v) is 11.7.